The summed E-state index contributed by atoms with van der Waals surface area (Å²) in [5, 5.41) is 14.2. The first-order chi connectivity index (χ1) is 9.46. The van der Waals surface area contributed by atoms with Crippen LogP contribution in [-0.4, -0.2) is 25.9 Å². The van der Waals surface area contributed by atoms with Gasteiger partial charge in [0.2, 0.25) is 0 Å². The molecule has 8 heteroatoms. The lowest BCUT2D eigenvalue weighted by Gasteiger charge is -2.26. The van der Waals surface area contributed by atoms with Crippen molar-refractivity contribution < 1.29 is 0 Å². The number of aromatic amines is 1. The number of hydrogen-bond acceptors (Lipinski definition) is 6. The van der Waals surface area contributed by atoms with E-state index in [1.807, 2.05) is 26.2 Å². The summed E-state index contributed by atoms with van der Waals surface area (Å²) in [5.74, 6) is 0.245. The van der Waals surface area contributed by atoms with Crippen LogP contribution < -0.4 is 16.8 Å². The Bertz CT molecular complexity index is 707. The highest BCUT2D eigenvalue weighted by Gasteiger charge is 2.31. The Labute approximate surface area is 115 Å². The van der Waals surface area contributed by atoms with Crippen LogP contribution >= 0.6 is 0 Å². The van der Waals surface area contributed by atoms with Gasteiger partial charge in [-0.25, -0.2) is 4.99 Å². The number of hydrogen-bond donors (Lipinski definition) is 4. The van der Waals surface area contributed by atoms with E-state index >= 15 is 0 Å². The van der Waals surface area contributed by atoms with Crippen molar-refractivity contribution in [3.8, 4) is 0 Å². The van der Waals surface area contributed by atoms with Gasteiger partial charge in [0.1, 0.15) is 5.69 Å². The van der Waals surface area contributed by atoms with Crippen LogP contribution in [0.5, 0.6) is 0 Å². The molecule has 0 aromatic carbocycles. The predicted octanol–water partition coefficient (Wildman–Crippen LogP) is -0.478. The molecule has 1 atom stereocenters. The highest BCUT2D eigenvalue weighted by molar-refractivity contribution is 5.90. The summed E-state index contributed by atoms with van der Waals surface area (Å²) in [7, 11) is 1.84. The number of nitrogens with one attached hydrogen (secondary N) is 2. The lowest BCUT2D eigenvalue weighted by Crippen LogP contribution is -2.44. The second-order valence-electron chi connectivity index (χ2n) is 4.84. The number of aromatic nitrogens is 4. The summed E-state index contributed by atoms with van der Waals surface area (Å²) in [6.45, 7) is 1.90. The smallest absolute Gasteiger partial charge is 0.195 e. The van der Waals surface area contributed by atoms with Crippen molar-refractivity contribution in [2.45, 2.75) is 12.6 Å². The fraction of sp³-hybridized carbons (Fsp3) is 0.250. The van der Waals surface area contributed by atoms with E-state index in [9.17, 15) is 0 Å². The van der Waals surface area contributed by atoms with Crippen LogP contribution in [0, 0.1) is 6.92 Å². The molecule has 0 bridgehead atoms. The van der Waals surface area contributed by atoms with E-state index in [4.69, 9.17) is 11.5 Å². The Balaban J connectivity index is 2.06. The lowest BCUT2D eigenvalue weighted by molar-refractivity contribution is 0.563. The second kappa shape index (κ2) is 4.20. The van der Waals surface area contributed by atoms with Crippen LogP contribution in [0.4, 0.5) is 0 Å². The average molecular weight is 272 g/mol. The molecule has 0 saturated carbocycles. The number of rotatable bonds is 2. The van der Waals surface area contributed by atoms with Crippen LogP contribution in [0.1, 0.15) is 17.0 Å². The summed E-state index contributed by atoms with van der Waals surface area (Å²) in [6.07, 6.45) is 5.39. The molecule has 1 aliphatic heterocycles. The number of guanidine groups is 1. The molecule has 1 unspecified atom stereocenters. The predicted molar refractivity (Wildman–Crippen MR) is 75.1 cm³/mol. The first kappa shape index (κ1) is 12.4. The largest absolute Gasteiger partial charge is 0.370 e. The van der Waals surface area contributed by atoms with E-state index in [0.717, 1.165) is 17.0 Å². The van der Waals surface area contributed by atoms with Gasteiger partial charge < -0.3 is 11.1 Å². The topological polar surface area (TPSA) is 123 Å². The van der Waals surface area contributed by atoms with E-state index in [-0.39, 0.29) is 5.96 Å². The van der Waals surface area contributed by atoms with Crippen LogP contribution in [0.15, 0.2) is 29.5 Å². The van der Waals surface area contributed by atoms with Gasteiger partial charge in [-0.15, -0.1) is 0 Å². The molecule has 2 aromatic rings. The zero-order valence-electron chi connectivity index (χ0n) is 11.3. The van der Waals surface area contributed by atoms with Crippen LogP contribution in [0.3, 0.4) is 0 Å². The molecule has 1 aliphatic rings. The minimum absolute atomic E-state index is 0.245. The average Bonchev–Trinajstić information content (AvgIpc) is 2.97. The maximum absolute atomic E-state index is 6.33. The van der Waals surface area contributed by atoms with Crippen molar-refractivity contribution in [2.75, 3.05) is 0 Å². The molecule has 3 heterocycles. The van der Waals surface area contributed by atoms with Gasteiger partial charge in [0, 0.05) is 24.5 Å². The van der Waals surface area contributed by atoms with Gasteiger partial charge in [0.05, 0.1) is 11.9 Å². The van der Waals surface area contributed by atoms with Crippen LogP contribution in [-0.2, 0) is 12.7 Å². The zero-order chi connectivity index (χ0) is 14.3. The Hall–Kier alpha value is -2.61. The summed E-state index contributed by atoms with van der Waals surface area (Å²) in [6, 6.07) is 1.85. The molecule has 0 spiro atoms. The van der Waals surface area contributed by atoms with Gasteiger partial charge in [0.25, 0.3) is 0 Å². The Kier molecular flexibility index (Phi) is 2.61. The molecule has 0 fully saturated rings. The molecule has 104 valence electrons. The Morgan fingerprint density at radius 2 is 2.20 bits per heavy atom. The number of nitrogens with two attached hydrogens (primary N) is 2. The molecule has 0 aliphatic carbocycles. The van der Waals surface area contributed by atoms with Crippen molar-refractivity contribution in [1.29, 1.82) is 0 Å². The van der Waals surface area contributed by atoms with Crippen molar-refractivity contribution >= 4 is 11.7 Å². The summed E-state index contributed by atoms with van der Waals surface area (Å²) >= 11 is 0. The lowest BCUT2D eigenvalue weighted by atomic mass is 10.0. The van der Waals surface area contributed by atoms with Crippen molar-refractivity contribution in [3.05, 3.63) is 41.5 Å². The SMILES string of the molecule is Cc1cc(C2(N)C=C(c3cnn(C)c3)NC(N)=N2)n[nH]1. The third-order valence-electron chi connectivity index (χ3n) is 3.06. The van der Waals surface area contributed by atoms with Crippen molar-refractivity contribution in [3.63, 3.8) is 0 Å². The maximum Gasteiger partial charge on any atom is 0.195 e. The molecular formula is C12H16N8. The normalized spacial score (nSPS) is 22.1. The minimum Gasteiger partial charge on any atom is -0.370 e. The van der Waals surface area contributed by atoms with Crippen molar-refractivity contribution in [2.24, 2.45) is 23.5 Å². The minimum atomic E-state index is -1.09. The highest BCUT2D eigenvalue weighted by atomic mass is 15.3. The van der Waals surface area contributed by atoms with Crippen LogP contribution in [0.25, 0.3) is 5.70 Å². The summed E-state index contributed by atoms with van der Waals surface area (Å²) < 4.78 is 1.71. The summed E-state index contributed by atoms with van der Waals surface area (Å²) in [5.41, 5.74) is 14.2. The number of aliphatic imine (C=N–C) groups is 1. The number of aryl methyl sites for hydroxylation is 2. The Morgan fingerprint density at radius 1 is 1.40 bits per heavy atom. The fourth-order valence-corrected chi connectivity index (χ4v) is 2.12. The quantitative estimate of drug-likeness (QED) is 0.588. The van der Waals surface area contributed by atoms with E-state index in [1.54, 1.807) is 17.0 Å². The molecule has 3 rings (SSSR count). The van der Waals surface area contributed by atoms with Gasteiger partial charge in [-0.2, -0.15) is 10.2 Å². The third-order valence-corrected chi connectivity index (χ3v) is 3.06. The number of H-pyrrole nitrogens is 1. The van der Waals surface area contributed by atoms with E-state index in [0.29, 0.717) is 5.69 Å². The highest BCUT2D eigenvalue weighted by Crippen LogP contribution is 2.27. The van der Waals surface area contributed by atoms with E-state index in [2.05, 4.69) is 25.6 Å². The van der Waals surface area contributed by atoms with Gasteiger partial charge >= 0.3 is 0 Å². The fourth-order valence-electron chi connectivity index (χ4n) is 2.12. The van der Waals surface area contributed by atoms with Crippen LogP contribution in [0.2, 0.25) is 0 Å². The molecule has 0 radical (unpaired) electrons. The molecular weight excluding hydrogens is 256 g/mol. The third kappa shape index (κ3) is 2.05. The molecule has 20 heavy (non-hydrogen) atoms. The van der Waals surface area contributed by atoms with Gasteiger partial charge in [-0.3, -0.25) is 15.5 Å². The Morgan fingerprint density at radius 3 is 2.80 bits per heavy atom. The first-order valence-electron chi connectivity index (χ1n) is 6.12. The molecule has 0 saturated heterocycles. The first-order valence-corrected chi connectivity index (χ1v) is 6.12. The second-order valence-corrected chi connectivity index (χ2v) is 4.84. The summed E-state index contributed by atoms with van der Waals surface area (Å²) in [4.78, 5) is 4.26. The molecule has 8 nitrogen and oxygen atoms in total. The van der Waals surface area contributed by atoms with Crippen molar-refractivity contribution in [1.82, 2.24) is 25.3 Å². The molecule has 0 amide bonds. The standard InChI is InChI=1S/C12H16N8/c1-7-3-10(19-18-7)12(14)4-9(16-11(13)17-12)8-5-15-20(2)6-8/h3-6H,14H2,1-2H3,(H,18,19)(H3,13,16,17). The van der Waals surface area contributed by atoms with Gasteiger partial charge in [-0.1, -0.05) is 0 Å². The van der Waals surface area contributed by atoms with E-state index in [1.165, 1.54) is 0 Å². The van der Waals surface area contributed by atoms with E-state index < -0.39 is 5.66 Å². The van der Waals surface area contributed by atoms with Gasteiger partial charge in [0.15, 0.2) is 11.6 Å². The zero-order valence-corrected chi connectivity index (χ0v) is 11.3. The molecule has 2 aromatic heterocycles. The maximum atomic E-state index is 6.33. The van der Waals surface area contributed by atoms with Gasteiger partial charge in [-0.05, 0) is 19.1 Å². The monoisotopic (exact) mass is 272 g/mol. The molecule has 6 N–H and O–H groups in total. The number of nitrogens with zero attached hydrogens (tertiary/aromatic N) is 4.